The van der Waals surface area contributed by atoms with E-state index in [0.717, 1.165) is 0 Å². The van der Waals surface area contributed by atoms with Gasteiger partial charge in [-0.15, -0.1) is 0 Å². The lowest BCUT2D eigenvalue weighted by molar-refractivity contribution is -0.133. The summed E-state index contributed by atoms with van der Waals surface area (Å²) in [6, 6.07) is 2.45. The fraction of sp³-hybridized carbons (Fsp3) is 0.500. The summed E-state index contributed by atoms with van der Waals surface area (Å²) < 4.78 is 15.9. The molecule has 0 aliphatic carbocycles. The standard InChI is InChI=1S/C28H38N6O9/c1-14(2)22-26(38)29-9-10-34(28(40)17-7-8-20(41-5)21(11-17)42-6)13-18-12-19(33-43-18)25(37)32-23(16(4)35)27(39)30-15(3)24(36)31-22/h7-8,11-12,14-16,22-23,35H,9-10,13H2,1-6H3,(H,29,38)(H,30,39)(H,31,36)(H,32,37)/t15-,16+,22-,23-/m0/s1. The van der Waals surface area contributed by atoms with E-state index in [-0.39, 0.29) is 42.6 Å². The molecule has 5 amide bonds. The first kappa shape index (κ1) is 32.8. The number of hydrogen-bond acceptors (Lipinski definition) is 10. The van der Waals surface area contributed by atoms with E-state index >= 15 is 0 Å². The number of benzene rings is 1. The largest absolute Gasteiger partial charge is 0.493 e. The third kappa shape index (κ3) is 8.22. The lowest BCUT2D eigenvalue weighted by atomic mass is 10.0. The first-order valence-corrected chi connectivity index (χ1v) is 13.7. The number of amides is 5. The fourth-order valence-corrected chi connectivity index (χ4v) is 4.31. The molecule has 0 radical (unpaired) electrons. The maximum absolute atomic E-state index is 13.6. The van der Waals surface area contributed by atoms with Crippen molar-refractivity contribution in [2.45, 2.75) is 58.5 Å². The molecule has 4 atom stereocenters. The van der Waals surface area contributed by atoms with E-state index in [1.165, 1.54) is 45.1 Å². The Bertz CT molecular complexity index is 1340. The van der Waals surface area contributed by atoms with Crippen LogP contribution in [0.15, 0.2) is 28.8 Å². The predicted molar refractivity (Wildman–Crippen MR) is 151 cm³/mol. The van der Waals surface area contributed by atoms with E-state index in [1.54, 1.807) is 26.0 Å². The molecule has 5 N–H and O–H groups in total. The number of aliphatic hydroxyl groups is 1. The molecular weight excluding hydrogens is 564 g/mol. The molecule has 15 heteroatoms. The maximum atomic E-state index is 13.6. The molecular formula is C28H38N6O9. The average molecular weight is 603 g/mol. The average Bonchev–Trinajstić information content (AvgIpc) is 3.44. The van der Waals surface area contributed by atoms with Crippen molar-refractivity contribution < 1.29 is 43.1 Å². The first-order chi connectivity index (χ1) is 20.4. The van der Waals surface area contributed by atoms with Crippen molar-refractivity contribution in [2.24, 2.45) is 5.92 Å². The molecule has 1 aliphatic heterocycles. The molecule has 2 heterocycles. The highest BCUT2D eigenvalue weighted by molar-refractivity contribution is 5.98. The minimum atomic E-state index is -1.44. The second kappa shape index (κ2) is 14.5. The summed E-state index contributed by atoms with van der Waals surface area (Å²) >= 11 is 0. The van der Waals surface area contributed by atoms with Crippen LogP contribution in [0.25, 0.3) is 0 Å². The van der Waals surface area contributed by atoms with Gasteiger partial charge in [0.25, 0.3) is 11.8 Å². The Morgan fingerprint density at radius 2 is 1.67 bits per heavy atom. The molecule has 0 fully saturated rings. The Morgan fingerprint density at radius 1 is 0.977 bits per heavy atom. The summed E-state index contributed by atoms with van der Waals surface area (Å²) in [5, 5.41) is 24.2. The Kier molecular flexibility index (Phi) is 11.1. The first-order valence-electron chi connectivity index (χ1n) is 13.7. The number of nitrogens with one attached hydrogen (secondary N) is 4. The summed E-state index contributed by atoms with van der Waals surface area (Å²) in [4.78, 5) is 66.7. The predicted octanol–water partition coefficient (Wildman–Crippen LogP) is -0.411. The van der Waals surface area contributed by atoms with Crippen LogP contribution >= 0.6 is 0 Å². The molecule has 1 aliphatic rings. The van der Waals surface area contributed by atoms with Gasteiger partial charge in [0, 0.05) is 24.7 Å². The van der Waals surface area contributed by atoms with Crippen LogP contribution in [0.5, 0.6) is 11.5 Å². The molecule has 15 nitrogen and oxygen atoms in total. The second-order valence-electron chi connectivity index (χ2n) is 10.4. The van der Waals surface area contributed by atoms with Gasteiger partial charge in [-0.3, -0.25) is 24.0 Å². The van der Waals surface area contributed by atoms with Gasteiger partial charge in [0.15, 0.2) is 23.0 Å². The van der Waals surface area contributed by atoms with Gasteiger partial charge >= 0.3 is 0 Å². The van der Waals surface area contributed by atoms with Gasteiger partial charge in [0.2, 0.25) is 17.7 Å². The van der Waals surface area contributed by atoms with Crippen LogP contribution in [0.4, 0.5) is 0 Å². The monoisotopic (exact) mass is 602 g/mol. The maximum Gasteiger partial charge on any atom is 0.274 e. The Labute approximate surface area is 248 Å². The molecule has 234 valence electrons. The Hall–Kier alpha value is -4.66. The SMILES string of the molecule is COc1ccc(C(=O)N2CCNC(=O)[C@H](C(C)C)NC(=O)[C@H](C)NC(=O)[C@H]([C@@H](C)O)NC(=O)c3cc(on3)C2)cc1OC. The van der Waals surface area contributed by atoms with Gasteiger partial charge in [0.05, 0.1) is 26.9 Å². The minimum absolute atomic E-state index is 0.0147. The second-order valence-corrected chi connectivity index (χ2v) is 10.4. The smallest absolute Gasteiger partial charge is 0.274 e. The summed E-state index contributed by atoms with van der Waals surface area (Å²) in [5.74, 6) is -2.64. The van der Waals surface area contributed by atoms with Crippen molar-refractivity contribution in [3.63, 3.8) is 0 Å². The molecule has 2 aromatic rings. The molecule has 0 spiro atoms. The third-order valence-electron chi connectivity index (χ3n) is 6.79. The highest BCUT2D eigenvalue weighted by Gasteiger charge is 2.32. The van der Waals surface area contributed by atoms with Crippen molar-refractivity contribution in [1.82, 2.24) is 31.3 Å². The van der Waals surface area contributed by atoms with Crippen molar-refractivity contribution in [3.05, 3.63) is 41.3 Å². The van der Waals surface area contributed by atoms with Gasteiger partial charge in [-0.25, -0.2) is 0 Å². The number of fused-ring (bicyclic) bond motifs is 2. The molecule has 0 saturated carbocycles. The van der Waals surface area contributed by atoms with Crippen LogP contribution in [0.1, 0.15) is 54.3 Å². The van der Waals surface area contributed by atoms with Gasteiger partial charge in [0.1, 0.15) is 18.1 Å². The van der Waals surface area contributed by atoms with Gasteiger partial charge < -0.3 is 45.3 Å². The molecule has 0 saturated heterocycles. The zero-order valence-electron chi connectivity index (χ0n) is 24.9. The third-order valence-corrected chi connectivity index (χ3v) is 6.79. The Morgan fingerprint density at radius 3 is 2.30 bits per heavy atom. The van der Waals surface area contributed by atoms with E-state index in [4.69, 9.17) is 14.0 Å². The number of hydrogen-bond donors (Lipinski definition) is 5. The molecule has 2 bridgehead atoms. The number of aliphatic hydroxyl groups excluding tert-OH is 1. The number of nitrogens with zero attached hydrogens (tertiary/aromatic N) is 2. The van der Waals surface area contributed by atoms with Crippen LogP contribution in [0, 0.1) is 5.92 Å². The van der Waals surface area contributed by atoms with Crippen molar-refractivity contribution in [1.29, 1.82) is 0 Å². The van der Waals surface area contributed by atoms with Gasteiger partial charge in [-0.1, -0.05) is 19.0 Å². The number of carbonyl (C=O) groups is 5. The highest BCUT2D eigenvalue weighted by atomic mass is 16.5. The normalized spacial score (nSPS) is 21.5. The van der Waals surface area contributed by atoms with Crippen molar-refractivity contribution in [2.75, 3.05) is 27.3 Å². The number of ether oxygens (including phenoxy) is 2. The van der Waals surface area contributed by atoms with Crippen LogP contribution in [0.2, 0.25) is 0 Å². The summed E-state index contributed by atoms with van der Waals surface area (Å²) in [6.45, 7) is 6.10. The number of methoxy groups -OCH3 is 2. The summed E-state index contributed by atoms with van der Waals surface area (Å²) in [5.41, 5.74) is 0.0580. The van der Waals surface area contributed by atoms with E-state index in [1.807, 2.05) is 0 Å². The molecule has 0 unspecified atom stereocenters. The van der Waals surface area contributed by atoms with Crippen LogP contribution < -0.4 is 30.7 Å². The van der Waals surface area contributed by atoms with E-state index in [2.05, 4.69) is 26.4 Å². The van der Waals surface area contributed by atoms with E-state index < -0.39 is 53.8 Å². The number of carbonyl (C=O) groups excluding carboxylic acids is 5. The Balaban J connectivity index is 1.97. The molecule has 43 heavy (non-hydrogen) atoms. The van der Waals surface area contributed by atoms with Crippen LogP contribution in [-0.4, -0.2) is 96.2 Å². The number of rotatable bonds is 5. The molecule has 3 rings (SSSR count). The zero-order valence-corrected chi connectivity index (χ0v) is 24.9. The van der Waals surface area contributed by atoms with E-state index in [9.17, 15) is 29.1 Å². The van der Waals surface area contributed by atoms with Gasteiger partial charge in [-0.05, 0) is 38.0 Å². The molecule has 1 aromatic carbocycles. The topological polar surface area (TPSA) is 201 Å². The number of aromatic nitrogens is 1. The lowest BCUT2D eigenvalue weighted by Gasteiger charge is -2.26. The molecule has 1 aromatic heterocycles. The van der Waals surface area contributed by atoms with Crippen molar-refractivity contribution >= 4 is 29.5 Å². The zero-order chi connectivity index (χ0) is 31.8. The fourth-order valence-electron chi connectivity index (χ4n) is 4.31. The lowest BCUT2D eigenvalue weighted by Crippen LogP contribution is -2.58. The highest BCUT2D eigenvalue weighted by Crippen LogP contribution is 2.28. The van der Waals surface area contributed by atoms with Crippen LogP contribution in [0.3, 0.4) is 0 Å². The van der Waals surface area contributed by atoms with Gasteiger partial charge in [-0.2, -0.15) is 0 Å². The minimum Gasteiger partial charge on any atom is -0.493 e. The summed E-state index contributed by atoms with van der Waals surface area (Å²) in [7, 11) is 2.91. The quantitative estimate of drug-likeness (QED) is 0.299. The summed E-state index contributed by atoms with van der Waals surface area (Å²) in [6.07, 6.45) is -1.33. The van der Waals surface area contributed by atoms with E-state index in [0.29, 0.717) is 11.5 Å². The van der Waals surface area contributed by atoms with Crippen molar-refractivity contribution in [3.8, 4) is 11.5 Å². The van der Waals surface area contributed by atoms with Crippen LogP contribution in [-0.2, 0) is 20.9 Å².